The summed E-state index contributed by atoms with van der Waals surface area (Å²) in [6.45, 7) is 0.870. The topological polar surface area (TPSA) is 52.6 Å². The minimum Gasteiger partial charge on any atom is -0.389 e. The Labute approximate surface area is 134 Å². The number of hydrogen-bond acceptors (Lipinski definition) is 3. The van der Waals surface area contributed by atoms with Gasteiger partial charge >= 0.3 is 0 Å². The smallest absolute Gasteiger partial charge is 0.223 e. The highest BCUT2D eigenvalue weighted by Crippen LogP contribution is 2.32. The molecule has 2 N–H and O–H groups in total. The third kappa shape index (κ3) is 3.63. The van der Waals surface area contributed by atoms with Crippen LogP contribution in [0.25, 0.3) is 0 Å². The Hall–Kier alpha value is -1.69. The van der Waals surface area contributed by atoms with Gasteiger partial charge in [-0.05, 0) is 31.4 Å². The summed E-state index contributed by atoms with van der Waals surface area (Å²) in [6.07, 6.45) is 3.98. The van der Waals surface area contributed by atoms with Crippen molar-refractivity contribution >= 4 is 11.6 Å². The predicted octanol–water partition coefficient (Wildman–Crippen LogP) is 2.35. The zero-order valence-electron chi connectivity index (χ0n) is 13.0. The van der Waals surface area contributed by atoms with Crippen molar-refractivity contribution < 1.29 is 18.7 Å². The average molecular weight is 324 g/mol. The van der Waals surface area contributed by atoms with Crippen LogP contribution < -0.4 is 10.2 Å². The molecule has 1 aromatic carbocycles. The van der Waals surface area contributed by atoms with Crippen LogP contribution in [-0.2, 0) is 4.79 Å². The zero-order chi connectivity index (χ0) is 16.4. The molecule has 1 atom stereocenters. The predicted molar refractivity (Wildman–Crippen MR) is 83.2 cm³/mol. The maximum atomic E-state index is 13.8. The lowest BCUT2D eigenvalue weighted by Gasteiger charge is -2.23. The lowest BCUT2D eigenvalue weighted by Crippen LogP contribution is -2.41. The van der Waals surface area contributed by atoms with Crippen LogP contribution in [0.2, 0.25) is 0 Å². The van der Waals surface area contributed by atoms with E-state index in [1.807, 2.05) is 0 Å². The number of halogens is 2. The van der Waals surface area contributed by atoms with Crippen LogP contribution in [0.15, 0.2) is 18.2 Å². The number of anilines is 1. The fraction of sp³-hybridized carbons (Fsp3) is 0.588. The molecule has 0 aromatic heterocycles. The Bertz CT molecular complexity index is 568. The first kappa shape index (κ1) is 16.2. The summed E-state index contributed by atoms with van der Waals surface area (Å²) in [5.41, 5.74) is -0.904. The maximum Gasteiger partial charge on any atom is 0.223 e. The van der Waals surface area contributed by atoms with Gasteiger partial charge in [0.2, 0.25) is 5.91 Å². The highest BCUT2D eigenvalue weighted by molar-refractivity contribution is 5.77. The van der Waals surface area contributed by atoms with Crippen molar-refractivity contribution in [1.29, 1.82) is 0 Å². The molecule has 6 heteroatoms. The molecule has 1 saturated heterocycles. The van der Waals surface area contributed by atoms with Crippen molar-refractivity contribution in [3.05, 3.63) is 29.8 Å². The normalized spacial score (nSPS) is 23.3. The number of nitrogens with zero attached hydrogens (tertiary/aromatic N) is 1. The first-order valence-electron chi connectivity index (χ1n) is 8.18. The van der Waals surface area contributed by atoms with E-state index in [1.165, 1.54) is 18.2 Å². The molecule has 23 heavy (non-hydrogen) atoms. The quantitative estimate of drug-likeness (QED) is 0.894. The van der Waals surface area contributed by atoms with Gasteiger partial charge in [-0.15, -0.1) is 0 Å². The zero-order valence-corrected chi connectivity index (χ0v) is 13.0. The minimum atomic E-state index is -0.875. The Kier molecular flexibility index (Phi) is 4.53. The Morgan fingerprint density at radius 1 is 1.30 bits per heavy atom. The van der Waals surface area contributed by atoms with E-state index in [2.05, 4.69) is 5.32 Å². The molecule has 1 saturated carbocycles. The molecular weight excluding hydrogens is 302 g/mol. The number of hydrogen-bond donors (Lipinski definition) is 2. The van der Waals surface area contributed by atoms with E-state index in [0.717, 1.165) is 12.8 Å². The fourth-order valence-electron chi connectivity index (χ4n) is 3.66. The number of rotatable bonds is 4. The van der Waals surface area contributed by atoms with Gasteiger partial charge in [0.05, 0.1) is 12.0 Å². The number of para-hydroxylation sites is 1. The van der Waals surface area contributed by atoms with Crippen molar-refractivity contribution in [2.45, 2.75) is 50.2 Å². The number of carbonyl (C=O) groups excluding carboxylic acids is 1. The summed E-state index contributed by atoms with van der Waals surface area (Å²) >= 11 is 0. The molecule has 2 fully saturated rings. The van der Waals surface area contributed by atoms with E-state index in [9.17, 15) is 18.7 Å². The monoisotopic (exact) mass is 324 g/mol. The summed E-state index contributed by atoms with van der Waals surface area (Å²) in [7, 11) is 0. The number of carbonyl (C=O) groups is 1. The summed E-state index contributed by atoms with van der Waals surface area (Å²) < 4.78 is 27.6. The van der Waals surface area contributed by atoms with E-state index in [4.69, 9.17) is 0 Å². The fourth-order valence-corrected chi connectivity index (χ4v) is 3.66. The molecule has 1 aromatic rings. The number of nitrogens with one attached hydrogen (secondary N) is 1. The summed E-state index contributed by atoms with van der Waals surface area (Å²) in [4.78, 5) is 13.7. The molecule has 1 aliphatic heterocycles. The van der Waals surface area contributed by atoms with Gasteiger partial charge in [-0.25, -0.2) is 8.78 Å². The Balaban J connectivity index is 1.56. The first-order valence-corrected chi connectivity index (χ1v) is 8.18. The lowest BCUT2D eigenvalue weighted by molar-refractivity contribution is -0.126. The second kappa shape index (κ2) is 6.43. The second-order valence-electron chi connectivity index (χ2n) is 6.68. The summed E-state index contributed by atoms with van der Waals surface area (Å²) in [5, 5.41) is 13.2. The third-order valence-electron chi connectivity index (χ3n) is 4.83. The number of benzene rings is 1. The van der Waals surface area contributed by atoms with Crippen LogP contribution in [0.1, 0.15) is 38.5 Å². The molecule has 0 radical (unpaired) electrons. The van der Waals surface area contributed by atoms with E-state index in [0.29, 0.717) is 32.4 Å². The van der Waals surface area contributed by atoms with Gasteiger partial charge in [-0.2, -0.15) is 0 Å². The van der Waals surface area contributed by atoms with Crippen LogP contribution in [0, 0.1) is 11.6 Å². The molecule has 2 aliphatic rings. The van der Waals surface area contributed by atoms with Gasteiger partial charge in [0.25, 0.3) is 0 Å². The Morgan fingerprint density at radius 2 is 1.96 bits per heavy atom. The van der Waals surface area contributed by atoms with Crippen LogP contribution in [0.3, 0.4) is 0 Å². The summed E-state index contributed by atoms with van der Waals surface area (Å²) in [5.74, 6) is -1.36. The Morgan fingerprint density at radius 3 is 2.61 bits per heavy atom. The number of aliphatic hydroxyl groups is 1. The minimum absolute atomic E-state index is 0.0290. The van der Waals surface area contributed by atoms with E-state index < -0.39 is 17.2 Å². The van der Waals surface area contributed by atoms with Crippen molar-refractivity contribution in [3.63, 3.8) is 0 Å². The molecule has 126 valence electrons. The third-order valence-corrected chi connectivity index (χ3v) is 4.83. The van der Waals surface area contributed by atoms with Crippen molar-refractivity contribution in [2.75, 3.05) is 18.0 Å². The van der Waals surface area contributed by atoms with Gasteiger partial charge in [-0.1, -0.05) is 18.9 Å². The van der Waals surface area contributed by atoms with Crippen LogP contribution in [0.5, 0.6) is 0 Å². The van der Waals surface area contributed by atoms with Crippen molar-refractivity contribution in [2.24, 2.45) is 0 Å². The highest BCUT2D eigenvalue weighted by atomic mass is 19.1. The second-order valence-corrected chi connectivity index (χ2v) is 6.68. The molecule has 3 rings (SSSR count). The molecule has 1 amide bonds. The molecule has 1 heterocycles. The van der Waals surface area contributed by atoms with Crippen LogP contribution >= 0.6 is 0 Å². The van der Waals surface area contributed by atoms with Gasteiger partial charge in [-0.3, -0.25) is 4.79 Å². The van der Waals surface area contributed by atoms with Gasteiger partial charge < -0.3 is 15.3 Å². The average Bonchev–Trinajstić information content (AvgIpc) is 3.08. The molecule has 1 aliphatic carbocycles. The van der Waals surface area contributed by atoms with Gasteiger partial charge in [0, 0.05) is 19.1 Å². The molecular formula is C17H22F2N2O2. The lowest BCUT2D eigenvalue weighted by atomic mass is 9.97. The van der Waals surface area contributed by atoms with Crippen LogP contribution in [0.4, 0.5) is 14.5 Å². The SMILES string of the molecule is O=C(CC1(O)CCCC1)NC1CCN(c2c(F)cccc2F)C1. The van der Waals surface area contributed by atoms with E-state index in [-0.39, 0.29) is 24.1 Å². The van der Waals surface area contributed by atoms with Gasteiger partial charge in [0.15, 0.2) is 0 Å². The molecule has 0 spiro atoms. The number of amides is 1. The summed E-state index contributed by atoms with van der Waals surface area (Å²) in [6, 6.07) is 3.66. The standard InChI is InChI=1S/C17H22F2N2O2/c18-13-4-3-5-14(19)16(13)21-9-6-12(11-21)20-15(22)10-17(23)7-1-2-8-17/h3-5,12,23H,1-2,6-11H2,(H,20,22). The van der Waals surface area contributed by atoms with Gasteiger partial charge in [0.1, 0.15) is 17.3 Å². The molecule has 0 bridgehead atoms. The van der Waals surface area contributed by atoms with Crippen molar-refractivity contribution in [1.82, 2.24) is 5.32 Å². The molecule has 4 nitrogen and oxygen atoms in total. The van der Waals surface area contributed by atoms with Crippen molar-refractivity contribution in [3.8, 4) is 0 Å². The largest absolute Gasteiger partial charge is 0.389 e. The van der Waals surface area contributed by atoms with Crippen LogP contribution in [-0.4, -0.2) is 35.7 Å². The van der Waals surface area contributed by atoms with E-state index in [1.54, 1.807) is 4.90 Å². The molecule has 1 unspecified atom stereocenters. The van der Waals surface area contributed by atoms with E-state index >= 15 is 0 Å². The maximum absolute atomic E-state index is 13.8. The first-order chi connectivity index (χ1) is 11.0. The highest BCUT2D eigenvalue weighted by Gasteiger charge is 2.35.